The molecule has 0 heterocycles. The third kappa shape index (κ3) is 3.85. The Labute approximate surface area is 108 Å². The highest BCUT2D eigenvalue weighted by Gasteiger charge is 2.21. The van der Waals surface area contributed by atoms with Gasteiger partial charge in [0, 0.05) is 16.1 Å². The van der Waals surface area contributed by atoms with Gasteiger partial charge in [0.2, 0.25) is 0 Å². The number of hydrogen-bond donors (Lipinski definition) is 2. The second-order valence-corrected chi connectivity index (χ2v) is 4.81. The molecule has 0 aromatic heterocycles. The van der Waals surface area contributed by atoms with Gasteiger partial charge in [-0.3, -0.25) is 9.59 Å². The van der Waals surface area contributed by atoms with Crippen molar-refractivity contribution >= 4 is 27.8 Å². The van der Waals surface area contributed by atoms with Crippen molar-refractivity contribution in [3.63, 3.8) is 0 Å². The van der Waals surface area contributed by atoms with Crippen LogP contribution in [0.5, 0.6) is 0 Å². The monoisotopic (exact) mass is 299 g/mol. The van der Waals surface area contributed by atoms with E-state index in [1.54, 1.807) is 38.1 Å². The van der Waals surface area contributed by atoms with Crippen molar-refractivity contribution in [2.45, 2.75) is 19.9 Å². The molecule has 0 spiro atoms. The van der Waals surface area contributed by atoms with Crippen molar-refractivity contribution in [3.05, 3.63) is 34.3 Å². The van der Waals surface area contributed by atoms with Crippen LogP contribution in [0.25, 0.3) is 0 Å². The van der Waals surface area contributed by atoms with Crippen LogP contribution in [0.1, 0.15) is 24.2 Å². The van der Waals surface area contributed by atoms with Gasteiger partial charge < -0.3 is 10.4 Å². The molecular formula is C12H14BrNO3. The first-order chi connectivity index (χ1) is 7.91. The van der Waals surface area contributed by atoms with Gasteiger partial charge in [-0.15, -0.1) is 0 Å². The van der Waals surface area contributed by atoms with E-state index < -0.39 is 17.9 Å². The second kappa shape index (κ2) is 5.82. The molecule has 1 amide bonds. The summed E-state index contributed by atoms with van der Waals surface area (Å²) in [6.45, 7) is 3.24. The molecule has 17 heavy (non-hydrogen) atoms. The Morgan fingerprint density at radius 1 is 1.24 bits per heavy atom. The molecule has 0 aliphatic carbocycles. The highest BCUT2D eigenvalue weighted by atomic mass is 79.9. The Kier molecular flexibility index (Phi) is 4.69. The fourth-order valence-corrected chi connectivity index (χ4v) is 1.49. The lowest BCUT2D eigenvalue weighted by Crippen LogP contribution is -2.40. The van der Waals surface area contributed by atoms with E-state index in [1.807, 2.05) is 0 Å². The first kappa shape index (κ1) is 13.7. The van der Waals surface area contributed by atoms with Crippen LogP contribution >= 0.6 is 15.9 Å². The number of carbonyl (C=O) groups is 2. The summed E-state index contributed by atoms with van der Waals surface area (Å²) in [5.74, 6) is -1.80. The van der Waals surface area contributed by atoms with Crippen molar-refractivity contribution in [2.75, 3.05) is 0 Å². The van der Waals surface area contributed by atoms with Gasteiger partial charge in [0.1, 0.15) is 0 Å². The topological polar surface area (TPSA) is 66.4 Å². The predicted molar refractivity (Wildman–Crippen MR) is 67.9 cm³/mol. The molecule has 0 saturated carbocycles. The minimum absolute atomic E-state index is 0.266. The molecule has 2 atom stereocenters. The quantitative estimate of drug-likeness (QED) is 0.896. The van der Waals surface area contributed by atoms with Crippen LogP contribution in [0, 0.1) is 5.92 Å². The maximum atomic E-state index is 11.8. The maximum absolute atomic E-state index is 11.8. The third-order valence-corrected chi connectivity index (χ3v) is 3.13. The number of carboxylic acid groups (broad SMARTS) is 1. The van der Waals surface area contributed by atoms with Crippen molar-refractivity contribution in [2.24, 2.45) is 5.92 Å². The predicted octanol–water partition coefficient (Wildman–Crippen LogP) is 2.29. The van der Waals surface area contributed by atoms with Gasteiger partial charge in [0.25, 0.3) is 5.91 Å². The molecule has 0 aliphatic rings. The highest BCUT2D eigenvalue weighted by molar-refractivity contribution is 9.10. The van der Waals surface area contributed by atoms with Crippen LogP contribution in [0.3, 0.4) is 0 Å². The van der Waals surface area contributed by atoms with E-state index in [1.165, 1.54) is 0 Å². The molecule has 1 aromatic rings. The van der Waals surface area contributed by atoms with Crippen LogP contribution in [-0.4, -0.2) is 23.0 Å². The van der Waals surface area contributed by atoms with Gasteiger partial charge in [-0.25, -0.2) is 0 Å². The van der Waals surface area contributed by atoms with E-state index in [-0.39, 0.29) is 5.91 Å². The molecule has 1 rings (SSSR count). The molecule has 5 heteroatoms. The maximum Gasteiger partial charge on any atom is 0.308 e. The average molecular weight is 300 g/mol. The normalized spacial score (nSPS) is 13.8. The molecule has 0 saturated heterocycles. The van der Waals surface area contributed by atoms with Crippen molar-refractivity contribution in [1.82, 2.24) is 5.32 Å². The fourth-order valence-electron chi connectivity index (χ4n) is 1.23. The highest BCUT2D eigenvalue weighted by Crippen LogP contribution is 2.11. The van der Waals surface area contributed by atoms with Gasteiger partial charge in [0.15, 0.2) is 0 Å². The standard InChI is InChI=1S/C12H14BrNO3/c1-7(12(16)17)8(2)14-11(15)9-3-5-10(13)6-4-9/h3-8H,1-2H3,(H,14,15)(H,16,17). The van der Waals surface area contributed by atoms with Crippen molar-refractivity contribution in [1.29, 1.82) is 0 Å². The van der Waals surface area contributed by atoms with Gasteiger partial charge in [-0.2, -0.15) is 0 Å². The largest absolute Gasteiger partial charge is 0.481 e. The molecule has 1 aromatic carbocycles. The summed E-state index contributed by atoms with van der Waals surface area (Å²) in [4.78, 5) is 22.5. The Bertz CT molecular complexity index is 416. The van der Waals surface area contributed by atoms with Crippen LogP contribution in [0.15, 0.2) is 28.7 Å². The molecule has 0 radical (unpaired) electrons. The Morgan fingerprint density at radius 3 is 2.24 bits per heavy atom. The van der Waals surface area contributed by atoms with Crippen molar-refractivity contribution < 1.29 is 14.7 Å². The number of nitrogens with one attached hydrogen (secondary N) is 1. The summed E-state index contributed by atoms with van der Waals surface area (Å²) in [5.41, 5.74) is 0.512. The van der Waals surface area contributed by atoms with Gasteiger partial charge in [0.05, 0.1) is 5.92 Å². The van der Waals surface area contributed by atoms with Crippen LogP contribution < -0.4 is 5.32 Å². The van der Waals surface area contributed by atoms with E-state index in [0.29, 0.717) is 5.56 Å². The zero-order valence-electron chi connectivity index (χ0n) is 9.61. The molecule has 2 unspecified atom stereocenters. The number of carbonyl (C=O) groups excluding carboxylic acids is 1. The summed E-state index contributed by atoms with van der Waals surface area (Å²) < 4.78 is 0.890. The van der Waals surface area contributed by atoms with E-state index in [9.17, 15) is 9.59 Å². The zero-order valence-corrected chi connectivity index (χ0v) is 11.2. The minimum atomic E-state index is -0.923. The first-order valence-corrected chi connectivity index (χ1v) is 6.00. The number of amides is 1. The van der Waals surface area contributed by atoms with E-state index in [4.69, 9.17) is 5.11 Å². The molecule has 2 N–H and O–H groups in total. The summed E-state index contributed by atoms with van der Waals surface area (Å²) in [6.07, 6.45) is 0. The Morgan fingerprint density at radius 2 is 1.76 bits per heavy atom. The Balaban J connectivity index is 2.66. The van der Waals surface area contributed by atoms with Crippen LogP contribution in [0.4, 0.5) is 0 Å². The first-order valence-electron chi connectivity index (χ1n) is 5.21. The summed E-state index contributed by atoms with van der Waals surface area (Å²) >= 11 is 3.28. The number of rotatable bonds is 4. The molecule has 0 bridgehead atoms. The lowest BCUT2D eigenvalue weighted by Gasteiger charge is -2.17. The summed E-state index contributed by atoms with van der Waals surface area (Å²) in [7, 11) is 0. The van der Waals surface area contributed by atoms with Crippen LogP contribution in [-0.2, 0) is 4.79 Å². The molecule has 92 valence electrons. The average Bonchev–Trinajstić information content (AvgIpc) is 2.28. The van der Waals surface area contributed by atoms with E-state index in [0.717, 1.165) is 4.47 Å². The number of carboxylic acids is 1. The minimum Gasteiger partial charge on any atom is -0.481 e. The lowest BCUT2D eigenvalue weighted by atomic mass is 10.0. The zero-order chi connectivity index (χ0) is 13.0. The number of hydrogen-bond acceptors (Lipinski definition) is 2. The van der Waals surface area contributed by atoms with Gasteiger partial charge in [-0.05, 0) is 38.1 Å². The smallest absolute Gasteiger partial charge is 0.308 e. The van der Waals surface area contributed by atoms with Crippen LogP contribution in [0.2, 0.25) is 0 Å². The van der Waals surface area contributed by atoms with Gasteiger partial charge in [-0.1, -0.05) is 15.9 Å². The number of aliphatic carboxylic acids is 1. The summed E-state index contributed by atoms with van der Waals surface area (Å²) in [6, 6.07) is 6.47. The van der Waals surface area contributed by atoms with Crippen molar-refractivity contribution in [3.8, 4) is 0 Å². The molecular weight excluding hydrogens is 286 g/mol. The second-order valence-electron chi connectivity index (χ2n) is 3.90. The number of benzene rings is 1. The fraction of sp³-hybridized carbons (Fsp3) is 0.333. The van der Waals surface area contributed by atoms with E-state index >= 15 is 0 Å². The molecule has 4 nitrogen and oxygen atoms in total. The third-order valence-electron chi connectivity index (χ3n) is 2.60. The number of halogens is 1. The molecule has 0 fully saturated rings. The molecule has 0 aliphatic heterocycles. The SMILES string of the molecule is CC(NC(=O)c1ccc(Br)cc1)C(C)C(=O)O. The lowest BCUT2D eigenvalue weighted by molar-refractivity contribution is -0.141. The van der Waals surface area contributed by atoms with Gasteiger partial charge >= 0.3 is 5.97 Å². The Hall–Kier alpha value is -1.36. The van der Waals surface area contributed by atoms with E-state index in [2.05, 4.69) is 21.2 Å². The summed E-state index contributed by atoms with van der Waals surface area (Å²) in [5, 5.41) is 11.5.